The SMILES string of the molecule is CC(C)(O)c1noc(-c2ncn3c2c(=O)n(CCN2CCOCC2)c2c(C#N)c(F)ccc23)n1. The lowest BCUT2D eigenvalue weighted by Gasteiger charge is -2.27. The Balaban J connectivity index is 1.73. The van der Waals surface area contributed by atoms with Gasteiger partial charge in [0.25, 0.3) is 11.4 Å². The van der Waals surface area contributed by atoms with Gasteiger partial charge in [0.2, 0.25) is 5.82 Å². The van der Waals surface area contributed by atoms with Crippen molar-refractivity contribution in [1.82, 2.24) is 29.0 Å². The molecule has 1 aromatic carbocycles. The van der Waals surface area contributed by atoms with E-state index in [0.29, 0.717) is 38.4 Å². The van der Waals surface area contributed by atoms with Crippen LogP contribution in [0.25, 0.3) is 28.1 Å². The molecule has 176 valence electrons. The van der Waals surface area contributed by atoms with Crippen LogP contribution >= 0.6 is 0 Å². The number of halogens is 1. The largest absolute Gasteiger partial charge is 0.382 e. The van der Waals surface area contributed by atoms with Gasteiger partial charge in [0.05, 0.1) is 24.2 Å². The van der Waals surface area contributed by atoms with Gasteiger partial charge in [0.1, 0.15) is 34.9 Å². The van der Waals surface area contributed by atoms with Crippen molar-refractivity contribution in [2.24, 2.45) is 0 Å². The normalized spacial score (nSPS) is 15.3. The quantitative estimate of drug-likeness (QED) is 0.460. The molecule has 0 atom stereocenters. The van der Waals surface area contributed by atoms with Crippen LogP contribution in [0.3, 0.4) is 0 Å². The summed E-state index contributed by atoms with van der Waals surface area (Å²) in [5, 5.41) is 23.6. The zero-order valence-corrected chi connectivity index (χ0v) is 18.7. The Morgan fingerprint density at radius 1 is 1.24 bits per heavy atom. The van der Waals surface area contributed by atoms with Crippen molar-refractivity contribution in [3.63, 3.8) is 0 Å². The van der Waals surface area contributed by atoms with Crippen LogP contribution in [0.2, 0.25) is 0 Å². The molecular formula is C22H22FN7O4. The lowest BCUT2D eigenvalue weighted by molar-refractivity contribution is 0.0364. The average molecular weight is 467 g/mol. The number of fused-ring (bicyclic) bond motifs is 3. The van der Waals surface area contributed by atoms with Crippen molar-refractivity contribution >= 4 is 16.6 Å². The van der Waals surface area contributed by atoms with Gasteiger partial charge >= 0.3 is 0 Å². The van der Waals surface area contributed by atoms with Gasteiger partial charge in [-0.15, -0.1) is 0 Å². The number of aromatic nitrogens is 5. The predicted octanol–water partition coefficient (Wildman–Crippen LogP) is 1.27. The number of nitriles is 1. The Bertz CT molecular complexity index is 1490. The molecule has 0 saturated carbocycles. The minimum absolute atomic E-state index is 0.0292. The molecule has 3 aromatic heterocycles. The Kier molecular flexibility index (Phi) is 5.40. The summed E-state index contributed by atoms with van der Waals surface area (Å²) in [5.41, 5.74) is -1.11. The highest BCUT2D eigenvalue weighted by Crippen LogP contribution is 2.27. The topological polar surface area (TPSA) is 135 Å². The Morgan fingerprint density at radius 3 is 2.68 bits per heavy atom. The number of ether oxygens (including phenoxy) is 1. The predicted molar refractivity (Wildman–Crippen MR) is 117 cm³/mol. The summed E-state index contributed by atoms with van der Waals surface area (Å²) in [6.45, 7) is 6.40. The zero-order chi connectivity index (χ0) is 24.0. The second-order valence-electron chi connectivity index (χ2n) is 8.61. The number of hydrogen-bond acceptors (Lipinski definition) is 9. The van der Waals surface area contributed by atoms with Crippen LogP contribution in [0.15, 0.2) is 27.8 Å². The van der Waals surface area contributed by atoms with Gasteiger partial charge in [0.15, 0.2) is 5.69 Å². The van der Waals surface area contributed by atoms with Crippen LogP contribution in [0.4, 0.5) is 4.39 Å². The van der Waals surface area contributed by atoms with E-state index in [1.165, 1.54) is 41.3 Å². The van der Waals surface area contributed by atoms with Crippen LogP contribution in [0, 0.1) is 17.1 Å². The molecule has 0 bridgehead atoms. The average Bonchev–Trinajstić information content (AvgIpc) is 3.47. The first-order valence-corrected chi connectivity index (χ1v) is 10.8. The Hall–Kier alpha value is -3.66. The molecule has 5 rings (SSSR count). The van der Waals surface area contributed by atoms with E-state index in [-0.39, 0.29) is 40.6 Å². The van der Waals surface area contributed by atoms with Crippen molar-refractivity contribution in [1.29, 1.82) is 5.26 Å². The number of morpholine rings is 1. The molecule has 12 heteroatoms. The highest BCUT2D eigenvalue weighted by atomic mass is 19.1. The summed E-state index contributed by atoms with van der Waals surface area (Å²) in [5.74, 6) is -0.690. The fraction of sp³-hybridized carbons (Fsp3) is 0.409. The summed E-state index contributed by atoms with van der Waals surface area (Å²) < 4.78 is 28.1. The van der Waals surface area contributed by atoms with Crippen molar-refractivity contribution in [2.45, 2.75) is 26.0 Å². The molecule has 11 nitrogen and oxygen atoms in total. The third-order valence-electron chi connectivity index (χ3n) is 5.88. The summed E-state index contributed by atoms with van der Waals surface area (Å²) in [6, 6.07) is 4.59. The van der Waals surface area contributed by atoms with Crippen LogP contribution in [0.5, 0.6) is 0 Å². The molecule has 34 heavy (non-hydrogen) atoms. The minimum atomic E-state index is -1.35. The fourth-order valence-corrected chi connectivity index (χ4v) is 4.10. The van der Waals surface area contributed by atoms with E-state index in [2.05, 4.69) is 20.0 Å². The third kappa shape index (κ3) is 3.63. The number of rotatable bonds is 5. The number of benzene rings is 1. The van der Waals surface area contributed by atoms with Crippen molar-refractivity contribution in [3.8, 4) is 17.7 Å². The smallest absolute Gasteiger partial charge is 0.279 e. The number of nitrogens with zero attached hydrogens (tertiary/aromatic N) is 7. The lowest BCUT2D eigenvalue weighted by atomic mass is 10.1. The van der Waals surface area contributed by atoms with E-state index in [4.69, 9.17) is 9.26 Å². The maximum atomic E-state index is 14.6. The van der Waals surface area contributed by atoms with Crippen LogP contribution < -0.4 is 5.56 Å². The highest BCUT2D eigenvalue weighted by Gasteiger charge is 2.27. The molecular weight excluding hydrogens is 445 g/mol. The van der Waals surface area contributed by atoms with Gasteiger partial charge in [-0.2, -0.15) is 10.2 Å². The van der Waals surface area contributed by atoms with Gasteiger partial charge < -0.3 is 18.9 Å². The van der Waals surface area contributed by atoms with Gasteiger partial charge in [-0.05, 0) is 26.0 Å². The molecule has 0 amide bonds. The lowest BCUT2D eigenvalue weighted by Crippen LogP contribution is -2.39. The molecule has 0 spiro atoms. The number of hydrogen-bond donors (Lipinski definition) is 1. The maximum absolute atomic E-state index is 14.6. The molecule has 4 aromatic rings. The summed E-state index contributed by atoms with van der Waals surface area (Å²) in [6.07, 6.45) is 1.40. The van der Waals surface area contributed by atoms with E-state index in [0.717, 1.165) is 0 Å². The standard InChI is InChI=1S/C22H22FN7O4/c1-22(2,32)21-26-19(34-27-21)16-18-20(31)29(6-5-28-7-9-33-10-8-28)17-13(11-24)14(23)3-4-15(17)30(18)12-25-16/h3-4,12,32H,5-10H2,1-2H3. The van der Waals surface area contributed by atoms with Crippen LogP contribution in [0.1, 0.15) is 25.2 Å². The highest BCUT2D eigenvalue weighted by molar-refractivity contribution is 5.87. The van der Waals surface area contributed by atoms with Gasteiger partial charge in [-0.25, -0.2) is 9.37 Å². The number of aliphatic hydroxyl groups is 1. The molecule has 1 N–H and O–H groups in total. The first-order valence-electron chi connectivity index (χ1n) is 10.8. The molecule has 4 heterocycles. The van der Waals surface area contributed by atoms with E-state index >= 15 is 0 Å². The molecule has 0 radical (unpaired) electrons. The first-order chi connectivity index (χ1) is 16.3. The Labute approximate surface area is 192 Å². The first kappa shape index (κ1) is 22.1. The Morgan fingerprint density at radius 2 is 2.00 bits per heavy atom. The summed E-state index contributed by atoms with van der Waals surface area (Å²) in [7, 11) is 0. The fourth-order valence-electron chi connectivity index (χ4n) is 4.10. The van der Waals surface area contributed by atoms with E-state index in [9.17, 15) is 19.6 Å². The van der Waals surface area contributed by atoms with Gasteiger partial charge in [0, 0.05) is 26.2 Å². The maximum Gasteiger partial charge on any atom is 0.279 e. The molecule has 1 saturated heterocycles. The third-order valence-corrected chi connectivity index (χ3v) is 5.88. The van der Waals surface area contributed by atoms with Crippen LogP contribution in [-0.2, 0) is 16.9 Å². The van der Waals surface area contributed by atoms with Crippen LogP contribution in [-0.4, -0.2) is 66.9 Å². The monoisotopic (exact) mass is 467 g/mol. The number of imidazole rings is 1. The second-order valence-corrected chi connectivity index (χ2v) is 8.61. The molecule has 0 aliphatic carbocycles. The van der Waals surface area contributed by atoms with Gasteiger partial charge in [-0.3, -0.25) is 14.1 Å². The second kappa shape index (κ2) is 8.28. The summed E-state index contributed by atoms with van der Waals surface area (Å²) >= 11 is 0. The van der Waals surface area contributed by atoms with E-state index in [1.54, 1.807) is 0 Å². The van der Waals surface area contributed by atoms with Gasteiger partial charge in [-0.1, -0.05) is 5.16 Å². The molecule has 1 aliphatic heterocycles. The van der Waals surface area contributed by atoms with E-state index in [1.807, 2.05) is 6.07 Å². The molecule has 1 aliphatic rings. The minimum Gasteiger partial charge on any atom is -0.382 e. The van der Waals surface area contributed by atoms with Crippen molar-refractivity contribution < 1.29 is 18.8 Å². The molecule has 1 fully saturated rings. The summed E-state index contributed by atoms with van der Waals surface area (Å²) in [4.78, 5) is 24.4. The van der Waals surface area contributed by atoms with Crippen molar-refractivity contribution in [2.75, 3.05) is 32.8 Å². The zero-order valence-electron chi connectivity index (χ0n) is 18.7. The molecule has 0 unspecified atom stereocenters. The van der Waals surface area contributed by atoms with E-state index < -0.39 is 17.0 Å². The van der Waals surface area contributed by atoms with Crippen molar-refractivity contribution in [3.05, 3.63) is 46.0 Å².